The van der Waals surface area contributed by atoms with Crippen molar-refractivity contribution < 1.29 is 17.6 Å². The van der Waals surface area contributed by atoms with E-state index in [1.165, 1.54) is 18.4 Å². The number of halogens is 1. The molecule has 25 heavy (non-hydrogen) atoms. The fraction of sp³-hybridized carbons (Fsp3) is 0.611. The number of hydrogen-bond acceptors (Lipinski definition) is 4. The number of carbonyl (C=O) groups excluding carboxylic acids is 1. The molecule has 0 unspecified atom stereocenters. The number of sulfone groups is 1. The minimum absolute atomic E-state index is 0.298. The monoisotopic (exact) mass is 368 g/mol. The highest BCUT2D eigenvalue weighted by Gasteiger charge is 2.51. The van der Waals surface area contributed by atoms with Gasteiger partial charge in [0, 0.05) is 19.3 Å². The van der Waals surface area contributed by atoms with Crippen molar-refractivity contribution >= 4 is 15.7 Å². The van der Waals surface area contributed by atoms with Gasteiger partial charge in [-0.25, -0.2) is 12.8 Å². The first-order valence-corrected chi connectivity index (χ1v) is 10.7. The Morgan fingerprint density at radius 3 is 2.36 bits per heavy atom. The normalized spacial score (nSPS) is 20.2. The minimum atomic E-state index is -3.54. The molecule has 1 saturated carbocycles. The van der Waals surface area contributed by atoms with Crippen LogP contribution in [0.5, 0.6) is 0 Å². The van der Waals surface area contributed by atoms with Gasteiger partial charge in [0.2, 0.25) is 5.91 Å². The summed E-state index contributed by atoms with van der Waals surface area (Å²) in [6.07, 6.45) is 3.91. The largest absolute Gasteiger partial charge is 0.337 e. The molecule has 0 bridgehead atoms. The molecule has 3 rings (SSSR count). The predicted octanol–water partition coefficient (Wildman–Crippen LogP) is 1.73. The smallest absolute Gasteiger partial charge is 0.244 e. The second kappa shape index (κ2) is 7.03. The fourth-order valence-electron chi connectivity index (χ4n) is 3.50. The van der Waals surface area contributed by atoms with Crippen molar-refractivity contribution in [3.63, 3.8) is 0 Å². The number of nitrogens with one attached hydrogen (secondary N) is 1. The molecule has 1 aromatic carbocycles. The van der Waals surface area contributed by atoms with E-state index in [1.807, 2.05) is 0 Å². The molecule has 0 aromatic heterocycles. The highest BCUT2D eigenvalue weighted by atomic mass is 32.2. The molecule has 2 aliphatic rings. The number of piperidine rings is 1. The topological polar surface area (TPSA) is 66.5 Å². The molecule has 138 valence electrons. The van der Waals surface area contributed by atoms with Crippen LogP contribution in [-0.2, 0) is 21.2 Å². The van der Waals surface area contributed by atoms with Crippen LogP contribution in [0.3, 0.4) is 0 Å². The van der Waals surface area contributed by atoms with Gasteiger partial charge in [0.25, 0.3) is 0 Å². The van der Waals surface area contributed by atoms with Crippen LogP contribution in [0.25, 0.3) is 0 Å². The summed E-state index contributed by atoms with van der Waals surface area (Å²) in [5.41, 5.74) is 0.813. The quantitative estimate of drug-likeness (QED) is 0.830. The Labute approximate surface area is 148 Å². The molecule has 1 aliphatic carbocycles. The Hall–Kier alpha value is -1.47. The van der Waals surface area contributed by atoms with Gasteiger partial charge in [0.15, 0.2) is 14.6 Å². The number of hydrogen-bond donors (Lipinski definition) is 1. The molecule has 1 aromatic rings. The number of rotatable bonds is 6. The summed E-state index contributed by atoms with van der Waals surface area (Å²) in [5.74, 6) is -0.176. The lowest BCUT2D eigenvalue weighted by Crippen LogP contribution is -2.58. The summed E-state index contributed by atoms with van der Waals surface area (Å²) >= 11 is 0. The zero-order chi connectivity index (χ0) is 18.1. The lowest BCUT2D eigenvalue weighted by molar-refractivity contribution is -0.135. The second-order valence-electron chi connectivity index (χ2n) is 7.27. The van der Waals surface area contributed by atoms with Gasteiger partial charge < -0.3 is 10.2 Å². The molecule has 0 spiro atoms. The predicted molar refractivity (Wildman–Crippen MR) is 94.2 cm³/mol. The average molecular weight is 368 g/mol. The molecule has 1 amide bonds. The molecule has 7 heteroatoms. The SMILES string of the molecule is CS(=O)(=O)C1(C(=O)N(Cc2ccc(F)cc2)CC2CC2)CCNCC1. The first kappa shape index (κ1) is 18.3. The van der Waals surface area contributed by atoms with E-state index < -0.39 is 14.6 Å². The van der Waals surface area contributed by atoms with Crippen molar-refractivity contribution in [2.24, 2.45) is 5.92 Å². The van der Waals surface area contributed by atoms with Gasteiger partial charge in [0.05, 0.1) is 0 Å². The van der Waals surface area contributed by atoms with E-state index in [4.69, 9.17) is 0 Å². The van der Waals surface area contributed by atoms with Crippen LogP contribution in [-0.4, -0.2) is 49.9 Å². The van der Waals surface area contributed by atoms with Crippen molar-refractivity contribution in [1.29, 1.82) is 0 Å². The summed E-state index contributed by atoms with van der Waals surface area (Å²) in [6, 6.07) is 6.04. The summed E-state index contributed by atoms with van der Waals surface area (Å²) in [7, 11) is -3.54. The Balaban J connectivity index is 1.87. The van der Waals surface area contributed by atoms with Crippen molar-refractivity contribution in [2.45, 2.75) is 37.0 Å². The number of nitrogens with zero attached hydrogens (tertiary/aromatic N) is 1. The van der Waals surface area contributed by atoms with Crippen molar-refractivity contribution in [3.05, 3.63) is 35.6 Å². The Morgan fingerprint density at radius 2 is 1.84 bits per heavy atom. The number of carbonyl (C=O) groups is 1. The summed E-state index contributed by atoms with van der Waals surface area (Å²) in [4.78, 5) is 15.0. The van der Waals surface area contributed by atoms with Crippen molar-refractivity contribution in [2.75, 3.05) is 25.9 Å². The maximum Gasteiger partial charge on any atom is 0.244 e. The zero-order valence-corrected chi connectivity index (χ0v) is 15.3. The highest BCUT2D eigenvalue weighted by Crippen LogP contribution is 2.34. The van der Waals surface area contributed by atoms with E-state index in [0.717, 1.165) is 18.4 Å². The maximum atomic E-state index is 13.3. The van der Waals surface area contributed by atoms with E-state index in [0.29, 0.717) is 44.9 Å². The van der Waals surface area contributed by atoms with Crippen LogP contribution in [0.4, 0.5) is 4.39 Å². The molecule has 1 aliphatic heterocycles. The lowest BCUT2D eigenvalue weighted by atomic mass is 9.94. The summed E-state index contributed by atoms with van der Waals surface area (Å²) < 4.78 is 36.9. The van der Waals surface area contributed by atoms with Crippen LogP contribution >= 0.6 is 0 Å². The van der Waals surface area contributed by atoms with E-state index in [-0.39, 0.29) is 11.7 Å². The third kappa shape index (κ3) is 4.03. The first-order chi connectivity index (χ1) is 11.8. The molecule has 0 atom stereocenters. The Kier molecular flexibility index (Phi) is 5.16. The van der Waals surface area contributed by atoms with Gasteiger partial charge in [0.1, 0.15) is 5.82 Å². The molecule has 1 heterocycles. The van der Waals surface area contributed by atoms with Crippen molar-refractivity contribution in [1.82, 2.24) is 10.2 Å². The van der Waals surface area contributed by atoms with Crippen LogP contribution in [0, 0.1) is 11.7 Å². The van der Waals surface area contributed by atoms with Gasteiger partial charge >= 0.3 is 0 Å². The van der Waals surface area contributed by atoms with E-state index in [9.17, 15) is 17.6 Å². The highest BCUT2D eigenvalue weighted by molar-refractivity contribution is 7.92. The van der Waals surface area contributed by atoms with Gasteiger partial charge in [-0.15, -0.1) is 0 Å². The van der Waals surface area contributed by atoms with Gasteiger partial charge in [-0.1, -0.05) is 12.1 Å². The molecular formula is C18H25FN2O3S. The van der Waals surface area contributed by atoms with E-state index in [2.05, 4.69) is 5.32 Å². The first-order valence-electron chi connectivity index (χ1n) is 8.76. The molecular weight excluding hydrogens is 343 g/mol. The standard InChI is InChI=1S/C18H25FN2O3S/c1-25(23,24)18(8-10-20-11-9-18)17(22)21(12-14-2-3-14)13-15-4-6-16(19)7-5-15/h4-7,14,20H,2-3,8-13H2,1H3. The third-order valence-electron chi connectivity index (χ3n) is 5.26. The minimum Gasteiger partial charge on any atom is -0.337 e. The average Bonchev–Trinajstić information content (AvgIpc) is 3.39. The van der Waals surface area contributed by atoms with Crippen LogP contribution in [0.2, 0.25) is 0 Å². The van der Waals surface area contributed by atoms with Crippen LogP contribution in [0.15, 0.2) is 24.3 Å². The van der Waals surface area contributed by atoms with Gasteiger partial charge in [-0.2, -0.15) is 0 Å². The van der Waals surface area contributed by atoms with E-state index >= 15 is 0 Å². The second-order valence-corrected chi connectivity index (χ2v) is 9.60. The molecule has 0 radical (unpaired) electrons. The van der Waals surface area contributed by atoms with Crippen LogP contribution < -0.4 is 5.32 Å². The number of benzene rings is 1. The third-order valence-corrected chi connectivity index (χ3v) is 7.26. The fourth-order valence-corrected chi connectivity index (χ4v) is 4.90. The summed E-state index contributed by atoms with van der Waals surface area (Å²) in [5, 5.41) is 3.14. The Bertz CT molecular complexity index is 723. The van der Waals surface area contributed by atoms with Crippen molar-refractivity contribution in [3.8, 4) is 0 Å². The number of amides is 1. The molecule has 1 saturated heterocycles. The summed E-state index contributed by atoms with van der Waals surface area (Å²) in [6.45, 7) is 1.93. The zero-order valence-electron chi connectivity index (χ0n) is 14.5. The van der Waals surface area contributed by atoms with Crippen LogP contribution in [0.1, 0.15) is 31.2 Å². The maximum absolute atomic E-state index is 13.3. The molecule has 5 nitrogen and oxygen atoms in total. The molecule has 1 N–H and O–H groups in total. The van der Waals surface area contributed by atoms with Gasteiger partial charge in [-0.05, 0) is 62.4 Å². The Morgan fingerprint density at radius 1 is 1.24 bits per heavy atom. The molecule has 2 fully saturated rings. The van der Waals surface area contributed by atoms with Gasteiger partial charge in [-0.3, -0.25) is 4.79 Å². The van der Waals surface area contributed by atoms with E-state index in [1.54, 1.807) is 17.0 Å². The lowest BCUT2D eigenvalue weighted by Gasteiger charge is -2.38.